The van der Waals surface area contributed by atoms with Crippen molar-refractivity contribution in [2.24, 2.45) is 5.41 Å². The highest BCUT2D eigenvalue weighted by atomic mass is 79.9. The summed E-state index contributed by atoms with van der Waals surface area (Å²) in [6, 6.07) is 3.86. The van der Waals surface area contributed by atoms with Crippen LogP contribution in [0.25, 0.3) is 0 Å². The van der Waals surface area contributed by atoms with Gasteiger partial charge in [-0.1, -0.05) is 36.7 Å². The van der Waals surface area contributed by atoms with Crippen molar-refractivity contribution in [3.8, 4) is 0 Å². The topological polar surface area (TPSA) is 37.4 Å². The fourth-order valence-corrected chi connectivity index (χ4v) is 3.08. The van der Waals surface area contributed by atoms with E-state index in [0.29, 0.717) is 5.56 Å². The van der Waals surface area contributed by atoms with Crippen LogP contribution in [0, 0.1) is 5.41 Å². The molecule has 0 aliphatic carbocycles. The lowest BCUT2D eigenvalue weighted by molar-refractivity contribution is -0.116. The fourth-order valence-electron chi connectivity index (χ4n) is 2.51. The smallest absolute Gasteiger partial charge is 0.223 e. The Morgan fingerprint density at radius 1 is 1.25 bits per heavy atom. The van der Waals surface area contributed by atoms with Crippen LogP contribution >= 0.6 is 15.9 Å². The van der Waals surface area contributed by atoms with Crippen LogP contribution in [0.2, 0.25) is 0 Å². The number of benzene rings is 1. The number of carbonyl (C=O) groups is 2. The number of fused-ring (bicyclic) bond motifs is 1. The summed E-state index contributed by atoms with van der Waals surface area (Å²) in [6.45, 7) is 8.02. The lowest BCUT2D eigenvalue weighted by atomic mass is 9.85. The molecule has 1 heterocycles. The summed E-state index contributed by atoms with van der Waals surface area (Å²) in [4.78, 5) is 26.0. The van der Waals surface area contributed by atoms with E-state index in [-0.39, 0.29) is 11.7 Å². The average Bonchev–Trinajstić information content (AvgIpc) is 2.35. The van der Waals surface area contributed by atoms with E-state index in [1.54, 1.807) is 11.8 Å². The van der Waals surface area contributed by atoms with Crippen LogP contribution in [-0.4, -0.2) is 18.2 Å². The molecule has 0 aromatic heterocycles. The van der Waals surface area contributed by atoms with Crippen LogP contribution < -0.4 is 4.90 Å². The number of rotatable bonds is 1. The normalized spacial score (nSPS) is 14.9. The van der Waals surface area contributed by atoms with E-state index in [1.165, 1.54) is 0 Å². The molecule has 1 amide bonds. The van der Waals surface area contributed by atoms with Gasteiger partial charge in [-0.15, -0.1) is 0 Å². The van der Waals surface area contributed by atoms with Crippen molar-refractivity contribution in [3.63, 3.8) is 0 Å². The minimum absolute atomic E-state index is 0.0300. The first kappa shape index (κ1) is 15.2. The van der Waals surface area contributed by atoms with Crippen LogP contribution in [0.1, 0.15) is 50.0 Å². The van der Waals surface area contributed by atoms with Crippen LogP contribution in [0.3, 0.4) is 0 Å². The number of nitrogens with zero attached hydrogens (tertiary/aromatic N) is 1. The van der Waals surface area contributed by atoms with E-state index in [0.717, 1.165) is 35.1 Å². The molecule has 108 valence electrons. The molecule has 0 radical (unpaired) electrons. The van der Waals surface area contributed by atoms with Crippen molar-refractivity contribution < 1.29 is 9.59 Å². The van der Waals surface area contributed by atoms with Gasteiger partial charge >= 0.3 is 0 Å². The number of halogens is 1. The van der Waals surface area contributed by atoms with Crippen molar-refractivity contribution in [2.45, 2.75) is 40.5 Å². The van der Waals surface area contributed by atoms with Crippen molar-refractivity contribution in [2.75, 3.05) is 11.4 Å². The summed E-state index contributed by atoms with van der Waals surface area (Å²) in [5.74, 6) is 0.115. The Morgan fingerprint density at radius 3 is 2.45 bits per heavy atom. The van der Waals surface area contributed by atoms with Gasteiger partial charge in [0.15, 0.2) is 5.78 Å². The second-order valence-electron chi connectivity index (χ2n) is 6.31. The second kappa shape index (κ2) is 5.32. The molecule has 0 spiro atoms. The van der Waals surface area contributed by atoms with E-state index in [2.05, 4.69) is 15.9 Å². The van der Waals surface area contributed by atoms with Gasteiger partial charge in [0.05, 0.1) is 0 Å². The van der Waals surface area contributed by atoms with Gasteiger partial charge < -0.3 is 4.90 Å². The number of Topliss-reactive ketones (excluding diaryl/α,β-unsaturated/α-hetero) is 1. The zero-order chi connectivity index (χ0) is 15.1. The molecule has 0 unspecified atom stereocenters. The first-order valence-corrected chi connectivity index (χ1v) is 7.66. The van der Waals surface area contributed by atoms with Crippen molar-refractivity contribution in [3.05, 3.63) is 27.7 Å². The van der Waals surface area contributed by atoms with Crippen molar-refractivity contribution in [1.82, 2.24) is 0 Å². The number of aryl methyl sites for hydroxylation is 1. The molecule has 2 rings (SSSR count). The lowest BCUT2D eigenvalue weighted by Crippen LogP contribution is -2.34. The second-order valence-corrected chi connectivity index (χ2v) is 7.17. The van der Waals surface area contributed by atoms with Crippen LogP contribution in [0.15, 0.2) is 16.6 Å². The first-order chi connectivity index (χ1) is 9.21. The molecule has 20 heavy (non-hydrogen) atoms. The first-order valence-electron chi connectivity index (χ1n) is 6.87. The van der Waals surface area contributed by atoms with E-state index >= 15 is 0 Å². The predicted octanol–water partition coefficient (Wildman–Crippen LogP) is 3.98. The third-order valence-corrected chi connectivity index (χ3v) is 4.25. The van der Waals surface area contributed by atoms with Crippen LogP contribution in [-0.2, 0) is 11.2 Å². The Kier molecular flexibility index (Phi) is 4.05. The van der Waals surface area contributed by atoms with E-state index < -0.39 is 5.41 Å². The monoisotopic (exact) mass is 337 g/mol. The standard InChI is InChI=1S/C16H20BrNO2/c1-10(19)18-7-5-6-11-8-13(17)12(9-14(11)18)15(20)16(2,3)4/h8-9H,5-7H2,1-4H3. The number of ketones is 1. The molecule has 1 aromatic carbocycles. The van der Waals surface area contributed by atoms with Gasteiger partial charge in [0.25, 0.3) is 0 Å². The third-order valence-electron chi connectivity index (χ3n) is 3.59. The average molecular weight is 338 g/mol. The Balaban J connectivity index is 2.55. The summed E-state index contributed by atoms with van der Waals surface area (Å²) in [5.41, 5.74) is 2.24. The van der Waals surface area contributed by atoms with Crippen molar-refractivity contribution >= 4 is 33.3 Å². The zero-order valence-corrected chi connectivity index (χ0v) is 14.0. The van der Waals surface area contributed by atoms with Crippen molar-refractivity contribution in [1.29, 1.82) is 0 Å². The largest absolute Gasteiger partial charge is 0.312 e. The highest BCUT2D eigenvalue weighted by molar-refractivity contribution is 9.10. The molecule has 0 saturated carbocycles. The maximum Gasteiger partial charge on any atom is 0.223 e. The number of hydrogen-bond acceptors (Lipinski definition) is 2. The molecule has 0 atom stereocenters. The Morgan fingerprint density at radius 2 is 1.90 bits per heavy atom. The molecule has 0 saturated heterocycles. The Bertz CT molecular complexity index is 573. The van der Waals surface area contributed by atoms with E-state index in [4.69, 9.17) is 0 Å². The molecule has 0 N–H and O–H groups in total. The van der Waals surface area contributed by atoms with E-state index in [9.17, 15) is 9.59 Å². The molecule has 1 aliphatic rings. The molecule has 1 aromatic rings. The SMILES string of the molecule is CC(=O)N1CCCc2cc(Br)c(C(=O)C(C)(C)C)cc21. The Labute approximate surface area is 128 Å². The predicted molar refractivity (Wildman–Crippen MR) is 84.3 cm³/mol. The maximum absolute atomic E-state index is 12.5. The Hall–Kier alpha value is -1.16. The van der Waals surface area contributed by atoms with E-state index in [1.807, 2.05) is 32.9 Å². The van der Waals surface area contributed by atoms with Gasteiger partial charge in [0.1, 0.15) is 0 Å². The van der Waals surface area contributed by atoms with Gasteiger partial charge in [-0.2, -0.15) is 0 Å². The van der Waals surface area contributed by atoms with Gasteiger partial charge in [-0.25, -0.2) is 0 Å². The number of hydrogen-bond donors (Lipinski definition) is 0. The fraction of sp³-hybridized carbons (Fsp3) is 0.500. The quantitative estimate of drug-likeness (QED) is 0.727. The minimum atomic E-state index is -0.438. The zero-order valence-electron chi connectivity index (χ0n) is 12.4. The number of amides is 1. The van der Waals surface area contributed by atoms with Gasteiger partial charge in [0.2, 0.25) is 5.91 Å². The number of anilines is 1. The maximum atomic E-state index is 12.5. The molecular formula is C16H20BrNO2. The summed E-state index contributed by atoms with van der Waals surface area (Å²) in [7, 11) is 0. The summed E-state index contributed by atoms with van der Waals surface area (Å²) < 4.78 is 0.821. The molecular weight excluding hydrogens is 318 g/mol. The third kappa shape index (κ3) is 2.80. The lowest BCUT2D eigenvalue weighted by Gasteiger charge is -2.30. The van der Waals surface area contributed by atoms with Gasteiger partial charge in [-0.05, 0) is 30.5 Å². The van der Waals surface area contributed by atoms with Gasteiger partial charge in [-0.3, -0.25) is 9.59 Å². The summed E-state index contributed by atoms with van der Waals surface area (Å²) >= 11 is 3.50. The molecule has 0 fully saturated rings. The summed E-state index contributed by atoms with van der Waals surface area (Å²) in [6.07, 6.45) is 1.91. The molecule has 3 nitrogen and oxygen atoms in total. The van der Waals surface area contributed by atoms with Gasteiger partial charge in [0, 0.05) is 34.6 Å². The minimum Gasteiger partial charge on any atom is -0.312 e. The highest BCUT2D eigenvalue weighted by Gasteiger charge is 2.28. The van der Waals surface area contributed by atoms with Crippen LogP contribution in [0.4, 0.5) is 5.69 Å². The number of carbonyl (C=O) groups excluding carboxylic acids is 2. The summed E-state index contributed by atoms with van der Waals surface area (Å²) in [5, 5.41) is 0. The molecule has 0 bridgehead atoms. The van der Waals surface area contributed by atoms with Crippen LogP contribution in [0.5, 0.6) is 0 Å². The highest BCUT2D eigenvalue weighted by Crippen LogP contribution is 2.35. The molecule has 1 aliphatic heterocycles. The molecule has 4 heteroatoms.